The van der Waals surface area contributed by atoms with Crippen LogP contribution in [0.15, 0.2) is 151 Å². The van der Waals surface area contributed by atoms with E-state index in [4.69, 9.17) is 4.99 Å². The van der Waals surface area contributed by atoms with Crippen molar-refractivity contribution in [3.8, 4) is 22.3 Å². The van der Waals surface area contributed by atoms with Gasteiger partial charge in [0.2, 0.25) is 0 Å². The van der Waals surface area contributed by atoms with Gasteiger partial charge in [0.25, 0.3) is 0 Å². The molecule has 0 N–H and O–H groups in total. The first-order chi connectivity index (χ1) is 21.8. The number of nitrogens with zero attached hydrogens (tertiary/aromatic N) is 2. The lowest BCUT2D eigenvalue weighted by Crippen LogP contribution is -2.53. The summed E-state index contributed by atoms with van der Waals surface area (Å²) in [4.78, 5) is 7.80. The van der Waals surface area contributed by atoms with E-state index >= 15 is 0 Å². The molecule has 0 saturated heterocycles. The fraction of sp³-hybridized carbons (Fsp3) is 0.140. The summed E-state index contributed by atoms with van der Waals surface area (Å²) in [5.41, 5.74) is 6.79. The number of hydrogen-bond donors (Lipinski definition) is 0. The molecule has 0 atom stereocenters. The number of para-hydroxylation sites is 1. The molecular formula is C43H36N2. The molecule has 1 heterocycles. The summed E-state index contributed by atoms with van der Waals surface area (Å²) in [6, 6.07) is 52.9. The van der Waals surface area contributed by atoms with Crippen LogP contribution in [-0.4, -0.2) is 16.9 Å². The third kappa shape index (κ3) is 4.28. The largest absolute Gasteiger partial charge is 0.318 e. The van der Waals surface area contributed by atoms with Crippen LogP contribution in [0, 0.1) is 0 Å². The second-order valence-electron chi connectivity index (χ2n) is 13.2. The van der Waals surface area contributed by atoms with Crippen molar-refractivity contribution in [2.24, 2.45) is 4.99 Å². The maximum Gasteiger partial charge on any atom is 0.136 e. The SMILES string of the molecule is CC1(C)N=C(c2cccc(-c3c4ccccc4c(-c4ccc5ccccc5c4)c4ccccc34)c2)N(c2ccccc2)C1(C)C. The Morgan fingerprint density at radius 3 is 1.58 bits per heavy atom. The molecule has 45 heavy (non-hydrogen) atoms. The number of fused-ring (bicyclic) bond motifs is 3. The molecule has 0 amide bonds. The highest BCUT2D eigenvalue weighted by molar-refractivity contribution is 6.22. The highest BCUT2D eigenvalue weighted by atomic mass is 15.3. The van der Waals surface area contributed by atoms with Gasteiger partial charge in [0.1, 0.15) is 5.84 Å². The van der Waals surface area contributed by atoms with Gasteiger partial charge in [-0.15, -0.1) is 0 Å². The Balaban J connectivity index is 1.36. The van der Waals surface area contributed by atoms with Crippen LogP contribution >= 0.6 is 0 Å². The Morgan fingerprint density at radius 2 is 0.956 bits per heavy atom. The topological polar surface area (TPSA) is 15.6 Å². The molecule has 218 valence electrons. The zero-order valence-corrected chi connectivity index (χ0v) is 26.3. The molecule has 2 nitrogen and oxygen atoms in total. The number of hydrogen-bond acceptors (Lipinski definition) is 2. The van der Waals surface area contributed by atoms with Crippen LogP contribution in [-0.2, 0) is 0 Å². The van der Waals surface area contributed by atoms with Gasteiger partial charge in [0, 0.05) is 11.3 Å². The molecule has 0 radical (unpaired) electrons. The van der Waals surface area contributed by atoms with Gasteiger partial charge in [0.05, 0.1) is 11.1 Å². The average molecular weight is 581 g/mol. The second kappa shape index (κ2) is 10.2. The molecule has 0 aliphatic carbocycles. The lowest BCUT2D eigenvalue weighted by molar-refractivity contribution is 0.338. The molecule has 1 aliphatic heterocycles. The fourth-order valence-electron chi connectivity index (χ4n) is 7.11. The van der Waals surface area contributed by atoms with Gasteiger partial charge in [-0.1, -0.05) is 121 Å². The van der Waals surface area contributed by atoms with Crippen LogP contribution in [0.4, 0.5) is 5.69 Å². The van der Waals surface area contributed by atoms with Gasteiger partial charge in [0.15, 0.2) is 0 Å². The van der Waals surface area contributed by atoms with Crippen LogP contribution in [0.2, 0.25) is 0 Å². The first kappa shape index (κ1) is 27.3. The van der Waals surface area contributed by atoms with Crippen molar-refractivity contribution in [1.29, 1.82) is 0 Å². The molecule has 0 unspecified atom stereocenters. The van der Waals surface area contributed by atoms with E-state index in [1.165, 1.54) is 54.6 Å². The maximum atomic E-state index is 5.38. The highest BCUT2D eigenvalue weighted by Crippen LogP contribution is 2.46. The Morgan fingerprint density at radius 1 is 0.444 bits per heavy atom. The third-order valence-corrected chi connectivity index (χ3v) is 10.0. The predicted molar refractivity (Wildman–Crippen MR) is 193 cm³/mol. The van der Waals surface area contributed by atoms with Crippen molar-refractivity contribution in [1.82, 2.24) is 0 Å². The predicted octanol–water partition coefficient (Wildman–Crippen LogP) is 11.3. The van der Waals surface area contributed by atoms with Crippen molar-refractivity contribution >= 4 is 43.8 Å². The number of rotatable bonds is 4. The standard InChI is InChI=1S/C43H36N2/c1-42(2)43(3,4)45(34-19-6-5-7-20-34)41(44-42)33-18-14-17-31(28-33)39-35-21-10-12-23-37(35)40(38-24-13-11-22-36(38)39)32-26-25-29-15-8-9-16-30(29)27-32/h5-28H,1-4H3. The minimum absolute atomic E-state index is 0.208. The van der Waals surface area contributed by atoms with Gasteiger partial charge >= 0.3 is 0 Å². The first-order valence-electron chi connectivity index (χ1n) is 15.8. The van der Waals surface area contributed by atoms with Crippen LogP contribution in [0.1, 0.15) is 33.3 Å². The summed E-state index contributed by atoms with van der Waals surface area (Å²) in [5.74, 6) is 1.01. The number of benzene rings is 7. The summed E-state index contributed by atoms with van der Waals surface area (Å²) in [7, 11) is 0. The number of anilines is 1. The van der Waals surface area contributed by atoms with E-state index in [9.17, 15) is 0 Å². The van der Waals surface area contributed by atoms with Crippen LogP contribution < -0.4 is 4.90 Å². The molecule has 7 aromatic carbocycles. The lowest BCUT2D eigenvalue weighted by atomic mass is 9.83. The summed E-state index contributed by atoms with van der Waals surface area (Å²) in [6.07, 6.45) is 0. The minimum atomic E-state index is -0.269. The molecule has 0 bridgehead atoms. The van der Waals surface area contributed by atoms with Crippen LogP contribution in [0.3, 0.4) is 0 Å². The van der Waals surface area contributed by atoms with Crippen LogP contribution in [0.25, 0.3) is 54.6 Å². The smallest absolute Gasteiger partial charge is 0.136 e. The number of amidine groups is 1. The molecule has 2 heteroatoms. The molecule has 0 spiro atoms. The van der Waals surface area contributed by atoms with E-state index in [-0.39, 0.29) is 11.1 Å². The summed E-state index contributed by atoms with van der Waals surface area (Å²) < 4.78 is 0. The van der Waals surface area contributed by atoms with Crippen molar-refractivity contribution in [2.45, 2.75) is 38.8 Å². The van der Waals surface area contributed by atoms with Crippen molar-refractivity contribution in [3.63, 3.8) is 0 Å². The zero-order valence-electron chi connectivity index (χ0n) is 26.3. The van der Waals surface area contributed by atoms with Gasteiger partial charge in [-0.25, -0.2) is 0 Å². The quantitative estimate of drug-likeness (QED) is 0.189. The summed E-state index contributed by atoms with van der Waals surface area (Å²) in [5, 5.41) is 7.55. The lowest BCUT2D eigenvalue weighted by Gasteiger charge is -2.41. The Bertz CT molecular complexity index is 2220. The second-order valence-corrected chi connectivity index (χ2v) is 13.2. The Kier molecular flexibility index (Phi) is 6.18. The van der Waals surface area contributed by atoms with E-state index in [1.807, 2.05) is 0 Å². The Labute approximate surface area is 265 Å². The molecule has 0 aromatic heterocycles. The zero-order chi connectivity index (χ0) is 30.8. The third-order valence-electron chi connectivity index (χ3n) is 10.0. The normalized spacial score (nSPS) is 15.6. The van der Waals surface area contributed by atoms with Crippen molar-refractivity contribution in [2.75, 3.05) is 4.90 Å². The molecule has 0 fully saturated rings. The Hall–Kier alpha value is -5.21. The maximum absolute atomic E-state index is 5.38. The van der Waals surface area contributed by atoms with Gasteiger partial charge in [-0.05, 0) is 107 Å². The highest BCUT2D eigenvalue weighted by Gasteiger charge is 2.49. The molecule has 0 saturated carbocycles. The van der Waals surface area contributed by atoms with E-state index in [0.717, 1.165) is 17.1 Å². The monoisotopic (exact) mass is 580 g/mol. The summed E-state index contributed by atoms with van der Waals surface area (Å²) >= 11 is 0. The van der Waals surface area contributed by atoms with E-state index < -0.39 is 0 Å². The average Bonchev–Trinajstić information content (AvgIpc) is 3.26. The molecule has 1 aliphatic rings. The molecule has 8 rings (SSSR count). The van der Waals surface area contributed by atoms with Gasteiger partial charge in [-0.2, -0.15) is 0 Å². The number of aliphatic imine (C=N–C) groups is 1. The minimum Gasteiger partial charge on any atom is -0.318 e. The van der Waals surface area contributed by atoms with Gasteiger partial charge in [-0.3, -0.25) is 4.99 Å². The molecule has 7 aromatic rings. The van der Waals surface area contributed by atoms with E-state index in [2.05, 4.69) is 178 Å². The van der Waals surface area contributed by atoms with Crippen molar-refractivity contribution in [3.05, 3.63) is 151 Å². The fourth-order valence-corrected chi connectivity index (χ4v) is 7.11. The van der Waals surface area contributed by atoms with Crippen LogP contribution in [0.5, 0.6) is 0 Å². The van der Waals surface area contributed by atoms with Crippen molar-refractivity contribution < 1.29 is 0 Å². The molecular weight excluding hydrogens is 544 g/mol. The first-order valence-corrected chi connectivity index (χ1v) is 15.8. The van der Waals surface area contributed by atoms with E-state index in [0.29, 0.717) is 0 Å². The van der Waals surface area contributed by atoms with Gasteiger partial charge < -0.3 is 4.90 Å². The summed E-state index contributed by atoms with van der Waals surface area (Å²) in [6.45, 7) is 9.08. The van der Waals surface area contributed by atoms with E-state index in [1.54, 1.807) is 0 Å².